The predicted molar refractivity (Wildman–Crippen MR) is 75.6 cm³/mol. The molecule has 0 aromatic carbocycles. The molecular formula is C16H22N2O2. The molecule has 1 heterocycles. The van der Waals surface area contributed by atoms with Gasteiger partial charge in [-0.05, 0) is 18.8 Å². The average Bonchev–Trinajstić information content (AvgIpc) is 2.54. The molecule has 0 spiro atoms. The Morgan fingerprint density at radius 3 is 2.65 bits per heavy atom. The lowest BCUT2D eigenvalue weighted by Gasteiger charge is -2.47. The molecule has 1 saturated heterocycles. The van der Waals surface area contributed by atoms with Crippen LogP contribution in [0.5, 0.6) is 0 Å². The molecule has 2 atom stereocenters. The van der Waals surface area contributed by atoms with Gasteiger partial charge in [-0.15, -0.1) is 0 Å². The molecule has 4 heteroatoms. The fourth-order valence-electron chi connectivity index (χ4n) is 4.00. The molecule has 1 fully saturated rings. The summed E-state index contributed by atoms with van der Waals surface area (Å²) in [6.07, 6.45) is 3.63. The minimum atomic E-state index is -0.540. The molecule has 1 amide bonds. The van der Waals surface area contributed by atoms with Crippen molar-refractivity contribution in [1.29, 1.82) is 5.26 Å². The van der Waals surface area contributed by atoms with E-state index in [1.165, 1.54) is 0 Å². The number of rotatable bonds is 0. The van der Waals surface area contributed by atoms with E-state index in [0.29, 0.717) is 6.54 Å². The van der Waals surface area contributed by atoms with Crippen molar-refractivity contribution in [2.75, 3.05) is 13.1 Å². The van der Waals surface area contributed by atoms with Crippen molar-refractivity contribution in [3.05, 3.63) is 11.6 Å². The van der Waals surface area contributed by atoms with Crippen LogP contribution in [0.3, 0.4) is 0 Å². The summed E-state index contributed by atoms with van der Waals surface area (Å²) in [5.41, 5.74) is -0.592. The lowest BCUT2D eigenvalue weighted by Crippen LogP contribution is -2.50. The summed E-state index contributed by atoms with van der Waals surface area (Å²) in [4.78, 5) is 26.0. The Kier molecular flexibility index (Phi) is 3.49. The number of carbonyl (C=O) groups excluding carboxylic acids is 2. The molecule has 2 aliphatic rings. The Balaban J connectivity index is 2.51. The van der Waals surface area contributed by atoms with Gasteiger partial charge in [0.2, 0.25) is 5.91 Å². The van der Waals surface area contributed by atoms with Crippen LogP contribution < -0.4 is 0 Å². The predicted octanol–water partition coefficient (Wildman–Crippen LogP) is 2.31. The first-order valence-corrected chi connectivity index (χ1v) is 7.15. The SMILES string of the molecule is CC(=O)N1CCC[C@@H]2C(C)(C)C(=O)C(C#N)=C[C@@]2(C)C1. The molecule has 0 aromatic rings. The summed E-state index contributed by atoms with van der Waals surface area (Å²) in [6, 6.07) is 2.04. The van der Waals surface area contributed by atoms with Gasteiger partial charge in [0, 0.05) is 30.8 Å². The standard InChI is InChI=1S/C16H22N2O2/c1-11(19)18-7-5-6-13-15(2,3)14(20)12(9-17)8-16(13,4)10-18/h8,13H,5-7,10H2,1-4H3/t13-,16+/m1/s1. The summed E-state index contributed by atoms with van der Waals surface area (Å²) in [7, 11) is 0. The molecule has 0 N–H and O–H groups in total. The van der Waals surface area contributed by atoms with E-state index in [1.807, 2.05) is 30.9 Å². The third-order valence-corrected chi connectivity index (χ3v) is 4.99. The number of hydrogen-bond acceptors (Lipinski definition) is 3. The third-order valence-electron chi connectivity index (χ3n) is 4.99. The highest BCUT2D eigenvalue weighted by Crippen LogP contribution is 2.51. The van der Waals surface area contributed by atoms with Crippen LogP contribution in [-0.2, 0) is 9.59 Å². The van der Waals surface area contributed by atoms with Gasteiger partial charge in [-0.1, -0.05) is 26.8 Å². The fourth-order valence-corrected chi connectivity index (χ4v) is 4.00. The number of amides is 1. The van der Waals surface area contributed by atoms with Crippen LogP contribution in [0.15, 0.2) is 11.6 Å². The van der Waals surface area contributed by atoms with E-state index < -0.39 is 5.41 Å². The van der Waals surface area contributed by atoms with Crippen molar-refractivity contribution in [3.63, 3.8) is 0 Å². The molecule has 0 bridgehead atoms. The minimum absolute atomic E-state index is 0.0567. The Morgan fingerprint density at radius 2 is 2.10 bits per heavy atom. The van der Waals surface area contributed by atoms with Crippen molar-refractivity contribution >= 4 is 11.7 Å². The number of allylic oxidation sites excluding steroid dienone is 1. The maximum Gasteiger partial charge on any atom is 0.219 e. The molecule has 108 valence electrons. The number of fused-ring (bicyclic) bond motifs is 1. The van der Waals surface area contributed by atoms with Crippen LogP contribution >= 0.6 is 0 Å². The second kappa shape index (κ2) is 4.73. The highest BCUT2D eigenvalue weighted by molar-refractivity contribution is 6.04. The van der Waals surface area contributed by atoms with Crippen LogP contribution in [0.25, 0.3) is 0 Å². The van der Waals surface area contributed by atoms with Gasteiger partial charge in [-0.2, -0.15) is 5.26 Å². The summed E-state index contributed by atoms with van der Waals surface area (Å²) in [5.74, 6) is 0.177. The number of nitriles is 1. The first kappa shape index (κ1) is 14.8. The molecule has 20 heavy (non-hydrogen) atoms. The highest BCUT2D eigenvalue weighted by atomic mass is 16.2. The monoisotopic (exact) mass is 274 g/mol. The third kappa shape index (κ3) is 2.15. The van der Waals surface area contributed by atoms with Crippen molar-refractivity contribution in [2.45, 2.75) is 40.5 Å². The second-order valence-corrected chi connectivity index (χ2v) is 6.86. The summed E-state index contributed by atoms with van der Waals surface area (Å²) in [6.45, 7) is 8.86. The minimum Gasteiger partial charge on any atom is -0.342 e. The first-order chi connectivity index (χ1) is 9.22. The van der Waals surface area contributed by atoms with E-state index in [0.717, 1.165) is 19.4 Å². The fraction of sp³-hybridized carbons (Fsp3) is 0.688. The van der Waals surface area contributed by atoms with Gasteiger partial charge >= 0.3 is 0 Å². The lowest BCUT2D eigenvalue weighted by molar-refractivity contribution is -0.132. The van der Waals surface area contributed by atoms with E-state index in [-0.39, 0.29) is 28.6 Å². The topological polar surface area (TPSA) is 61.2 Å². The van der Waals surface area contributed by atoms with Crippen molar-refractivity contribution in [1.82, 2.24) is 4.90 Å². The summed E-state index contributed by atoms with van der Waals surface area (Å²) in [5, 5.41) is 9.22. The number of hydrogen-bond donors (Lipinski definition) is 0. The molecule has 0 unspecified atom stereocenters. The van der Waals surface area contributed by atoms with Crippen LogP contribution in [0.2, 0.25) is 0 Å². The second-order valence-electron chi connectivity index (χ2n) is 6.86. The van der Waals surface area contributed by atoms with E-state index in [2.05, 4.69) is 6.92 Å². The molecule has 1 aliphatic carbocycles. The van der Waals surface area contributed by atoms with Gasteiger partial charge in [0.15, 0.2) is 5.78 Å². The molecule has 0 radical (unpaired) electrons. The van der Waals surface area contributed by atoms with Gasteiger partial charge in [0.05, 0.1) is 5.57 Å². The Hall–Kier alpha value is -1.63. The van der Waals surface area contributed by atoms with E-state index in [4.69, 9.17) is 0 Å². The van der Waals surface area contributed by atoms with Gasteiger partial charge in [0.1, 0.15) is 6.07 Å². The van der Waals surface area contributed by atoms with Crippen molar-refractivity contribution in [2.24, 2.45) is 16.7 Å². The van der Waals surface area contributed by atoms with Gasteiger partial charge in [0.25, 0.3) is 0 Å². The summed E-state index contributed by atoms with van der Waals surface area (Å²) >= 11 is 0. The van der Waals surface area contributed by atoms with Crippen LogP contribution in [-0.4, -0.2) is 29.7 Å². The van der Waals surface area contributed by atoms with E-state index in [9.17, 15) is 14.9 Å². The molecule has 1 aliphatic heterocycles. The zero-order valence-electron chi connectivity index (χ0n) is 12.7. The molecular weight excluding hydrogens is 252 g/mol. The van der Waals surface area contributed by atoms with E-state index in [1.54, 1.807) is 6.92 Å². The van der Waals surface area contributed by atoms with Crippen molar-refractivity contribution < 1.29 is 9.59 Å². The van der Waals surface area contributed by atoms with Gasteiger partial charge in [-0.3, -0.25) is 9.59 Å². The van der Waals surface area contributed by atoms with Gasteiger partial charge in [-0.25, -0.2) is 0 Å². The lowest BCUT2D eigenvalue weighted by atomic mass is 9.56. The Bertz CT molecular complexity index is 527. The maximum atomic E-state index is 12.4. The highest BCUT2D eigenvalue weighted by Gasteiger charge is 2.52. The van der Waals surface area contributed by atoms with E-state index >= 15 is 0 Å². The van der Waals surface area contributed by atoms with Crippen molar-refractivity contribution in [3.8, 4) is 6.07 Å². The number of ketones is 1. The van der Waals surface area contributed by atoms with Crippen LogP contribution in [0, 0.1) is 28.1 Å². The van der Waals surface area contributed by atoms with Crippen LogP contribution in [0.4, 0.5) is 0 Å². The molecule has 0 saturated carbocycles. The Morgan fingerprint density at radius 1 is 1.45 bits per heavy atom. The average molecular weight is 274 g/mol. The molecule has 0 aromatic heterocycles. The Labute approximate surface area is 120 Å². The largest absolute Gasteiger partial charge is 0.342 e. The number of likely N-dealkylation sites (tertiary alicyclic amines) is 1. The maximum absolute atomic E-state index is 12.4. The normalized spacial score (nSPS) is 32.8. The molecule has 4 nitrogen and oxygen atoms in total. The number of carbonyl (C=O) groups is 2. The summed E-state index contributed by atoms with van der Waals surface area (Å²) < 4.78 is 0. The molecule has 2 rings (SSSR count). The van der Waals surface area contributed by atoms with Gasteiger partial charge < -0.3 is 4.90 Å². The zero-order chi connectivity index (χ0) is 15.1. The zero-order valence-corrected chi connectivity index (χ0v) is 12.7. The quantitative estimate of drug-likeness (QED) is 0.681. The number of nitrogens with zero attached hydrogens (tertiary/aromatic N) is 2. The van der Waals surface area contributed by atoms with Crippen LogP contribution in [0.1, 0.15) is 40.5 Å². The first-order valence-electron chi connectivity index (χ1n) is 7.15. The number of Topliss-reactive ketones (excluding diaryl/α,β-unsaturated/α-hetero) is 1. The smallest absolute Gasteiger partial charge is 0.219 e.